The van der Waals surface area contributed by atoms with Crippen LogP contribution < -0.4 is 22.3 Å². The highest BCUT2D eigenvalue weighted by atomic mass is 35.5. The Bertz CT molecular complexity index is 781. The zero-order valence-electron chi connectivity index (χ0n) is 11.1. The molecule has 0 amide bonds. The predicted molar refractivity (Wildman–Crippen MR) is 98.3 cm³/mol. The van der Waals surface area contributed by atoms with Crippen LogP contribution in [0.1, 0.15) is 11.1 Å². The molecule has 0 bridgehead atoms. The van der Waals surface area contributed by atoms with E-state index in [4.69, 9.17) is 23.1 Å². The number of fused-ring (bicyclic) bond motifs is 1. The van der Waals surface area contributed by atoms with Crippen molar-refractivity contribution in [3.05, 3.63) is 34.5 Å². The quantitative estimate of drug-likeness (QED) is 0.320. The number of aromatic amines is 1. The van der Waals surface area contributed by atoms with Crippen molar-refractivity contribution in [3.8, 4) is 0 Å². The summed E-state index contributed by atoms with van der Waals surface area (Å²) in [6.45, 7) is 0. The van der Waals surface area contributed by atoms with Gasteiger partial charge in [0.2, 0.25) is 0 Å². The van der Waals surface area contributed by atoms with Gasteiger partial charge in [-0.05, 0) is 42.1 Å². The SMILES string of the molecule is NC(=S)NN=Cc1ccc2[nH]c(Cl)c(C=NNC(N)=S)c2c1. The van der Waals surface area contributed by atoms with Gasteiger partial charge >= 0.3 is 0 Å². The first kappa shape index (κ1) is 16.1. The van der Waals surface area contributed by atoms with Gasteiger partial charge in [0, 0.05) is 16.5 Å². The summed E-state index contributed by atoms with van der Waals surface area (Å²) in [5.74, 6) is 0. The summed E-state index contributed by atoms with van der Waals surface area (Å²) >= 11 is 15.5. The number of benzene rings is 1. The largest absolute Gasteiger partial charge is 0.375 e. The van der Waals surface area contributed by atoms with Crippen LogP contribution in [-0.4, -0.2) is 27.6 Å². The summed E-state index contributed by atoms with van der Waals surface area (Å²) in [7, 11) is 0. The van der Waals surface area contributed by atoms with Gasteiger partial charge in [0.15, 0.2) is 10.2 Å². The third kappa shape index (κ3) is 4.13. The van der Waals surface area contributed by atoms with Crippen LogP contribution in [0.3, 0.4) is 0 Å². The Kier molecular flexibility index (Phi) is 5.26. The maximum atomic E-state index is 6.16. The van der Waals surface area contributed by atoms with E-state index in [0.717, 1.165) is 16.5 Å². The number of nitrogens with one attached hydrogen (secondary N) is 3. The van der Waals surface area contributed by atoms with E-state index < -0.39 is 0 Å². The molecule has 0 radical (unpaired) electrons. The normalized spacial score (nSPS) is 11.3. The van der Waals surface area contributed by atoms with E-state index in [1.807, 2.05) is 18.2 Å². The molecule has 0 fully saturated rings. The molecule has 22 heavy (non-hydrogen) atoms. The van der Waals surface area contributed by atoms with Crippen molar-refractivity contribution in [1.29, 1.82) is 0 Å². The fourth-order valence-electron chi connectivity index (χ4n) is 1.73. The summed E-state index contributed by atoms with van der Waals surface area (Å²) in [6.07, 6.45) is 3.13. The van der Waals surface area contributed by atoms with Crippen LogP contribution in [0.2, 0.25) is 5.15 Å². The van der Waals surface area contributed by atoms with E-state index in [2.05, 4.69) is 50.5 Å². The van der Waals surface area contributed by atoms with Crippen molar-refractivity contribution in [2.45, 2.75) is 0 Å². The molecule has 114 valence electrons. The Balaban J connectivity index is 2.33. The number of rotatable bonds is 4. The molecule has 1 aromatic carbocycles. The average molecular weight is 354 g/mol. The highest BCUT2D eigenvalue weighted by molar-refractivity contribution is 7.80. The van der Waals surface area contributed by atoms with E-state index in [1.54, 1.807) is 6.21 Å². The summed E-state index contributed by atoms with van der Waals surface area (Å²) < 4.78 is 0. The van der Waals surface area contributed by atoms with Gasteiger partial charge in [-0.15, -0.1) is 0 Å². The van der Waals surface area contributed by atoms with Crippen molar-refractivity contribution in [1.82, 2.24) is 15.8 Å². The Morgan fingerprint density at radius 2 is 1.77 bits per heavy atom. The Labute approximate surface area is 141 Å². The third-order valence-corrected chi connectivity index (χ3v) is 3.05. The summed E-state index contributed by atoms with van der Waals surface area (Å²) in [5.41, 5.74) is 18.0. The second kappa shape index (κ2) is 7.16. The first-order valence-corrected chi connectivity index (χ1v) is 7.15. The smallest absolute Gasteiger partial charge is 0.184 e. The molecule has 0 aliphatic heterocycles. The molecule has 1 heterocycles. The number of H-pyrrole nitrogens is 1. The minimum atomic E-state index is 0.0730. The van der Waals surface area contributed by atoms with E-state index >= 15 is 0 Å². The molecule has 0 saturated carbocycles. The van der Waals surface area contributed by atoms with E-state index in [-0.39, 0.29) is 10.2 Å². The van der Waals surface area contributed by atoms with Crippen molar-refractivity contribution in [2.24, 2.45) is 21.7 Å². The first-order chi connectivity index (χ1) is 10.5. The number of thiocarbonyl (C=S) groups is 2. The standard InChI is InChI=1S/C12H12ClN7S2/c13-10-8(5-17-20-12(15)22)7-3-6(1-2-9(7)18-10)4-16-19-11(14)21/h1-5,18H,(H3,14,19,21)(H3,15,20,22). The topological polar surface area (TPSA) is 117 Å². The van der Waals surface area contributed by atoms with Crippen molar-refractivity contribution in [2.75, 3.05) is 0 Å². The average Bonchev–Trinajstić information content (AvgIpc) is 2.74. The summed E-state index contributed by atoms with van der Waals surface area (Å²) in [6, 6.07) is 5.64. The van der Waals surface area contributed by atoms with Crippen molar-refractivity contribution >= 4 is 69.6 Å². The lowest BCUT2D eigenvalue weighted by Crippen LogP contribution is -2.24. The Morgan fingerprint density at radius 1 is 1.14 bits per heavy atom. The molecular formula is C12H12ClN7S2. The number of nitrogens with zero attached hydrogens (tertiary/aromatic N) is 2. The highest BCUT2D eigenvalue weighted by Gasteiger charge is 2.08. The number of aromatic nitrogens is 1. The number of hydrogen-bond donors (Lipinski definition) is 5. The van der Waals surface area contributed by atoms with Gasteiger partial charge in [0.05, 0.1) is 12.4 Å². The van der Waals surface area contributed by atoms with Crippen LogP contribution in [-0.2, 0) is 0 Å². The molecule has 2 rings (SSSR count). The molecule has 0 atom stereocenters. The lowest BCUT2D eigenvalue weighted by Gasteiger charge is -1.98. The zero-order valence-corrected chi connectivity index (χ0v) is 13.5. The van der Waals surface area contributed by atoms with Crippen LogP contribution in [0.25, 0.3) is 10.9 Å². The number of hydrogen-bond acceptors (Lipinski definition) is 4. The van der Waals surface area contributed by atoms with Crippen LogP contribution in [0.15, 0.2) is 28.4 Å². The molecule has 10 heteroatoms. The van der Waals surface area contributed by atoms with Crippen LogP contribution >= 0.6 is 36.0 Å². The molecular weight excluding hydrogens is 342 g/mol. The minimum Gasteiger partial charge on any atom is -0.375 e. The van der Waals surface area contributed by atoms with Crippen LogP contribution in [0, 0.1) is 0 Å². The van der Waals surface area contributed by atoms with Crippen molar-refractivity contribution in [3.63, 3.8) is 0 Å². The Hall–Kier alpha value is -2.23. The van der Waals surface area contributed by atoms with Crippen LogP contribution in [0.4, 0.5) is 0 Å². The van der Waals surface area contributed by atoms with E-state index in [9.17, 15) is 0 Å². The Morgan fingerprint density at radius 3 is 2.41 bits per heavy atom. The number of hydrazone groups is 2. The molecule has 7 N–H and O–H groups in total. The van der Waals surface area contributed by atoms with Gasteiger partial charge in [0.1, 0.15) is 5.15 Å². The van der Waals surface area contributed by atoms with E-state index in [1.165, 1.54) is 6.21 Å². The van der Waals surface area contributed by atoms with Gasteiger partial charge < -0.3 is 16.5 Å². The zero-order chi connectivity index (χ0) is 16.1. The lowest BCUT2D eigenvalue weighted by atomic mass is 10.1. The molecule has 0 unspecified atom stereocenters. The predicted octanol–water partition coefficient (Wildman–Crippen LogP) is 1.16. The van der Waals surface area contributed by atoms with Crippen LogP contribution in [0.5, 0.6) is 0 Å². The second-order valence-corrected chi connectivity index (χ2v) is 5.38. The van der Waals surface area contributed by atoms with Gasteiger partial charge in [-0.3, -0.25) is 10.9 Å². The third-order valence-electron chi connectivity index (χ3n) is 2.57. The van der Waals surface area contributed by atoms with Gasteiger partial charge in [-0.2, -0.15) is 10.2 Å². The molecule has 2 aromatic rings. The van der Waals surface area contributed by atoms with E-state index in [0.29, 0.717) is 10.7 Å². The van der Waals surface area contributed by atoms with Crippen molar-refractivity contribution < 1.29 is 0 Å². The molecule has 7 nitrogen and oxygen atoms in total. The second-order valence-electron chi connectivity index (χ2n) is 4.13. The van der Waals surface area contributed by atoms with Gasteiger partial charge in [0.25, 0.3) is 0 Å². The maximum absolute atomic E-state index is 6.16. The minimum absolute atomic E-state index is 0.0730. The fourth-order valence-corrected chi connectivity index (χ4v) is 2.09. The lowest BCUT2D eigenvalue weighted by molar-refractivity contribution is 1.04. The molecule has 0 aliphatic rings. The van der Waals surface area contributed by atoms with Gasteiger partial charge in [-0.25, -0.2) is 0 Å². The molecule has 0 aliphatic carbocycles. The first-order valence-electron chi connectivity index (χ1n) is 5.95. The van der Waals surface area contributed by atoms with Gasteiger partial charge in [-0.1, -0.05) is 17.7 Å². The monoisotopic (exact) mass is 353 g/mol. The summed E-state index contributed by atoms with van der Waals surface area (Å²) in [4.78, 5) is 3.05. The number of halogens is 1. The molecule has 1 aromatic heterocycles. The fraction of sp³-hybridized carbons (Fsp3) is 0. The summed E-state index contributed by atoms with van der Waals surface area (Å²) in [5, 5.41) is 9.32. The molecule has 0 saturated heterocycles. The highest BCUT2D eigenvalue weighted by Crippen LogP contribution is 2.25. The molecule has 0 spiro atoms. The number of nitrogens with two attached hydrogens (primary N) is 2. The maximum Gasteiger partial charge on any atom is 0.184 e.